The smallest absolute Gasteiger partial charge is 0.165 e. The molecule has 0 saturated heterocycles. The fourth-order valence-electron chi connectivity index (χ4n) is 1.93. The van der Waals surface area contributed by atoms with E-state index < -0.39 is 0 Å². The summed E-state index contributed by atoms with van der Waals surface area (Å²) in [6.45, 7) is 2.59. The molecule has 3 rings (SSSR count). The first-order chi connectivity index (χ1) is 8.93. The first-order valence-electron chi connectivity index (χ1n) is 5.91. The fourth-order valence-corrected chi connectivity index (χ4v) is 1.93. The van der Waals surface area contributed by atoms with E-state index in [1.807, 2.05) is 24.3 Å². The van der Waals surface area contributed by atoms with Crippen molar-refractivity contribution in [2.75, 3.05) is 13.2 Å². The highest BCUT2D eigenvalue weighted by Crippen LogP contribution is 2.33. The molecular weight excluding hydrogens is 232 g/mol. The third kappa shape index (κ3) is 2.31. The van der Waals surface area contributed by atoms with E-state index in [4.69, 9.17) is 14.0 Å². The molecule has 0 aliphatic carbocycles. The molecule has 5 nitrogen and oxygen atoms in total. The van der Waals surface area contributed by atoms with Gasteiger partial charge in [-0.3, -0.25) is 0 Å². The minimum Gasteiger partial charge on any atom is -0.486 e. The lowest BCUT2D eigenvalue weighted by Gasteiger charge is -2.21. The van der Waals surface area contributed by atoms with Gasteiger partial charge in [0, 0.05) is 24.7 Å². The van der Waals surface area contributed by atoms with E-state index in [0.717, 1.165) is 22.8 Å². The molecule has 0 fully saturated rings. The van der Waals surface area contributed by atoms with Crippen molar-refractivity contribution in [2.24, 2.45) is 0 Å². The zero-order valence-electron chi connectivity index (χ0n) is 9.89. The van der Waals surface area contributed by atoms with Crippen molar-refractivity contribution in [1.82, 2.24) is 10.5 Å². The van der Waals surface area contributed by atoms with Crippen LogP contribution in [-0.4, -0.2) is 18.4 Å². The number of para-hydroxylation sites is 1. The molecule has 18 heavy (non-hydrogen) atoms. The zero-order chi connectivity index (χ0) is 12.2. The van der Waals surface area contributed by atoms with Crippen molar-refractivity contribution < 1.29 is 14.0 Å². The highest BCUT2D eigenvalue weighted by atomic mass is 16.6. The van der Waals surface area contributed by atoms with Crippen LogP contribution in [0.1, 0.15) is 11.3 Å². The quantitative estimate of drug-likeness (QED) is 0.890. The van der Waals surface area contributed by atoms with Crippen LogP contribution in [0.5, 0.6) is 11.5 Å². The molecule has 1 N–H and O–H groups in total. The second-order valence-corrected chi connectivity index (χ2v) is 4.04. The molecule has 0 amide bonds. The van der Waals surface area contributed by atoms with Crippen LogP contribution in [0, 0.1) is 0 Å². The van der Waals surface area contributed by atoms with E-state index in [0.29, 0.717) is 26.3 Å². The average molecular weight is 246 g/mol. The summed E-state index contributed by atoms with van der Waals surface area (Å²) in [5.41, 5.74) is 1.98. The predicted molar refractivity (Wildman–Crippen MR) is 64.5 cm³/mol. The van der Waals surface area contributed by atoms with Crippen molar-refractivity contribution in [3.63, 3.8) is 0 Å². The number of benzene rings is 1. The molecule has 0 radical (unpaired) electrons. The number of rotatable bonds is 4. The molecule has 0 spiro atoms. The Morgan fingerprint density at radius 1 is 1.11 bits per heavy atom. The molecule has 0 saturated carbocycles. The van der Waals surface area contributed by atoms with Crippen LogP contribution in [0.2, 0.25) is 0 Å². The Hall–Kier alpha value is -2.01. The van der Waals surface area contributed by atoms with Gasteiger partial charge in [-0.1, -0.05) is 17.3 Å². The summed E-state index contributed by atoms with van der Waals surface area (Å²) >= 11 is 0. The second-order valence-electron chi connectivity index (χ2n) is 4.04. The van der Waals surface area contributed by atoms with Gasteiger partial charge in [0.25, 0.3) is 0 Å². The SMILES string of the molecule is c1cc(CNCc2ccon2)c2c(c1)OCCO2. The van der Waals surface area contributed by atoms with Crippen LogP contribution in [0.15, 0.2) is 35.1 Å². The Labute approximate surface area is 105 Å². The van der Waals surface area contributed by atoms with Crippen LogP contribution < -0.4 is 14.8 Å². The minimum absolute atomic E-state index is 0.604. The highest BCUT2D eigenvalue weighted by Gasteiger charge is 2.14. The molecule has 1 aliphatic rings. The molecule has 1 aromatic heterocycles. The maximum Gasteiger partial charge on any atom is 0.165 e. The summed E-state index contributed by atoms with van der Waals surface area (Å²) in [5.74, 6) is 1.67. The lowest BCUT2D eigenvalue weighted by atomic mass is 10.1. The molecule has 2 aromatic rings. The van der Waals surface area contributed by atoms with Crippen molar-refractivity contribution >= 4 is 0 Å². The zero-order valence-corrected chi connectivity index (χ0v) is 9.89. The minimum atomic E-state index is 0.604. The highest BCUT2D eigenvalue weighted by molar-refractivity contribution is 5.47. The molecule has 0 bridgehead atoms. The van der Waals surface area contributed by atoms with Gasteiger partial charge in [0.2, 0.25) is 0 Å². The van der Waals surface area contributed by atoms with Gasteiger partial charge < -0.3 is 19.3 Å². The maximum atomic E-state index is 5.64. The first-order valence-corrected chi connectivity index (χ1v) is 5.91. The summed E-state index contributed by atoms with van der Waals surface area (Å²) in [5, 5.41) is 7.14. The lowest BCUT2D eigenvalue weighted by molar-refractivity contribution is 0.169. The average Bonchev–Trinajstić information content (AvgIpc) is 2.92. The third-order valence-electron chi connectivity index (χ3n) is 2.76. The van der Waals surface area contributed by atoms with E-state index in [2.05, 4.69) is 10.5 Å². The summed E-state index contributed by atoms with van der Waals surface area (Å²) in [7, 11) is 0. The van der Waals surface area contributed by atoms with Crippen molar-refractivity contribution in [3.05, 3.63) is 41.8 Å². The number of hydrogen-bond acceptors (Lipinski definition) is 5. The van der Waals surface area contributed by atoms with Crippen LogP contribution in [-0.2, 0) is 13.1 Å². The second kappa shape index (κ2) is 5.10. The van der Waals surface area contributed by atoms with Crippen molar-refractivity contribution in [1.29, 1.82) is 0 Å². The molecule has 2 heterocycles. The van der Waals surface area contributed by atoms with Crippen molar-refractivity contribution in [3.8, 4) is 11.5 Å². The number of nitrogens with one attached hydrogen (secondary N) is 1. The van der Waals surface area contributed by atoms with Gasteiger partial charge in [-0.15, -0.1) is 0 Å². The van der Waals surface area contributed by atoms with Crippen LogP contribution in [0.3, 0.4) is 0 Å². The molecule has 5 heteroatoms. The largest absolute Gasteiger partial charge is 0.486 e. The fraction of sp³-hybridized carbons (Fsp3) is 0.308. The van der Waals surface area contributed by atoms with Crippen molar-refractivity contribution in [2.45, 2.75) is 13.1 Å². The number of fused-ring (bicyclic) bond motifs is 1. The summed E-state index contributed by atoms with van der Waals surface area (Å²) in [6, 6.07) is 7.77. The molecule has 94 valence electrons. The Morgan fingerprint density at radius 3 is 2.94 bits per heavy atom. The van der Waals surface area contributed by atoms with Gasteiger partial charge in [-0.25, -0.2) is 0 Å². The first kappa shape index (κ1) is 11.1. The summed E-state index contributed by atoms with van der Waals surface area (Å²) in [6.07, 6.45) is 1.57. The van der Waals surface area contributed by atoms with Crippen LogP contribution >= 0.6 is 0 Å². The maximum absolute atomic E-state index is 5.64. The van der Waals surface area contributed by atoms with Gasteiger partial charge >= 0.3 is 0 Å². The number of nitrogens with zero attached hydrogens (tertiary/aromatic N) is 1. The van der Waals surface area contributed by atoms with E-state index >= 15 is 0 Å². The molecule has 0 unspecified atom stereocenters. The molecular formula is C13H14N2O3. The Kier molecular flexibility index (Phi) is 3.14. The van der Waals surface area contributed by atoms with Crippen LogP contribution in [0.4, 0.5) is 0 Å². The van der Waals surface area contributed by atoms with Gasteiger partial charge in [-0.2, -0.15) is 0 Å². The van der Waals surface area contributed by atoms with E-state index in [-0.39, 0.29) is 0 Å². The molecule has 1 aromatic carbocycles. The Morgan fingerprint density at radius 2 is 2.06 bits per heavy atom. The van der Waals surface area contributed by atoms with E-state index in [9.17, 15) is 0 Å². The topological polar surface area (TPSA) is 56.5 Å². The molecule has 1 aliphatic heterocycles. The van der Waals surface area contributed by atoms with E-state index in [1.54, 1.807) is 6.26 Å². The van der Waals surface area contributed by atoms with Gasteiger partial charge in [0.1, 0.15) is 19.5 Å². The van der Waals surface area contributed by atoms with Gasteiger partial charge in [0.15, 0.2) is 11.5 Å². The lowest BCUT2D eigenvalue weighted by Crippen LogP contribution is -2.19. The van der Waals surface area contributed by atoms with Crippen LogP contribution in [0.25, 0.3) is 0 Å². The van der Waals surface area contributed by atoms with Gasteiger partial charge in [0.05, 0.1) is 5.69 Å². The monoisotopic (exact) mass is 246 g/mol. The third-order valence-corrected chi connectivity index (χ3v) is 2.76. The van der Waals surface area contributed by atoms with E-state index in [1.165, 1.54) is 0 Å². The number of hydrogen-bond donors (Lipinski definition) is 1. The predicted octanol–water partition coefficient (Wildman–Crippen LogP) is 1.74. The summed E-state index contributed by atoms with van der Waals surface area (Å²) < 4.78 is 16.0. The Balaban J connectivity index is 1.65. The standard InChI is InChI=1S/C13H14N2O3/c1-2-10(8-14-9-11-4-5-18-15-11)13-12(3-1)16-6-7-17-13/h1-5,14H,6-9H2. The summed E-state index contributed by atoms with van der Waals surface area (Å²) in [4.78, 5) is 0. The number of aromatic nitrogens is 1. The molecule has 0 atom stereocenters. The van der Waals surface area contributed by atoms with Gasteiger partial charge in [-0.05, 0) is 6.07 Å². The Bertz CT molecular complexity index is 511. The number of ether oxygens (including phenoxy) is 2. The normalized spacial score (nSPS) is 13.6.